The van der Waals surface area contributed by atoms with Gasteiger partial charge in [-0.25, -0.2) is 4.39 Å². The monoisotopic (exact) mass is 250 g/mol. The lowest BCUT2D eigenvalue weighted by atomic mass is 10.1. The second kappa shape index (κ2) is 5.77. The van der Waals surface area contributed by atoms with Crippen LogP contribution in [0.2, 0.25) is 0 Å². The normalized spacial score (nSPS) is 9.61. The Labute approximate surface area is 103 Å². The number of nitrogens with zero attached hydrogens (tertiary/aromatic N) is 1. The minimum absolute atomic E-state index is 0.0895. The van der Waals surface area contributed by atoms with Crippen molar-refractivity contribution < 1.29 is 19.1 Å². The SMILES string of the molecule is Cc1c(F)cc(C#N)cc1NC(=O)CCC(=O)O. The van der Waals surface area contributed by atoms with Crippen molar-refractivity contribution in [2.45, 2.75) is 19.8 Å². The number of nitrogens with one attached hydrogen (secondary N) is 1. The molecule has 2 N–H and O–H groups in total. The summed E-state index contributed by atoms with van der Waals surface area (Å²) in [4.78, 5) is 21.7. The van der Waals surface area contributed by atoms with Crippen molar-refractivity contribution in [3.8, 4) is 6.07 Å². The van der Waals surface area contributed by atoms with Crippen LogP contribution in [0.5, 0.6) is 0 Å². The van der Waals surface area contributed by atoms with E-state index in [1.54, 1.807) is 6.07 Å². The van der Waals surface area contributed by atoms with Gasteiger partial charge < -0.3 is 10.4 Å². The number of hydrogen-bond donors (Lipinski definition) is 2. The number of halogens is 1. The third-order valence-corrected chi connectivity index (χ3v) is 2.31. The molecule has 1 aromatic rings. The number of benzene rings is 1. The molecule has 0 bridgehead atoms. The minimum Gasteiger partial charge on any atom is -0.481 e. The zero-order valence-electron chi connectivity index (χ0n) is 9.66. The van der Waals surface area contributed by atoms with Gasteiger partial charge in [-0.1, -0.05) is 0 Å². The number of nitriles is 1. The Morgan fingerprint density at radius 2 is 2.11 bits per heavy atom. The predicted octanol–water partition coefficient (Wildman–Crippen LogP) is 1.81. The smallest absolute Gasteiger partial charge is 0.303 e. The standard InChI is InChI=1S/C12H11FN2O3/c1-7-9(13)4-8(6-14)5-10(7)15-11(16)2-3-12(17)18/h4-5H,2-3H2,1H3,(H,15,16)(H,17,18). The quantitative estimate of drug-likeness (QED) is 0.852. The molecule has 5 nitrogen and oxygen atoms in total. The zero-order valence-corrected chi connectivity index (χ0v) is 9.66. The summed E-state index contributed by atoms with van der Waals surface area (Å²) in [6.07, 6.45) is -0.502. The van der Waals surface area contributed by atoms with Gasteiger partial charge in [0.05, 0.1) is 18.1 Å². The van der Waals surface area contributed by atoms with Gasteiger partial charge in [-0.3, -0.25) is 9.59 Å². The lowest BCUT2D eigenvalue weighted by Gasteiger charge is -2.09. The highest BCUT2D eigenvalue weighted by atomic mass is 19.1. The summed E-state index contributed by atoms with van der Waals surface area (Å²) < 4.78 is 13.4. The Hall–Kier alpha value is -2.42. The van der Waals surface area contributed by atoms with Gasteiger partial charge >= 0.3 is 5.97 Å². The number of carbonyl (C=O) groups excluding carboxylic acids is 1. The van der Waals surface area contributed by atoms with E-state index in [0.29, 0.717) is 0 Å². The van der Waals surface area contributed by atoms with Gasteiger partial charge in [-0.05, 0) is 19.1 Å². The van der Waals surface area contributed by atoms with Gasteiger partial charge in [-0.15, -0.1) is 0 Å². The predicted molar refractivity (Wildman–Crippen MR) is 61.4 cm³/mol. The molecule has 1 aromatic carbocycles. The number of carbonyl (C=O) groups is 2. The van der Waals surface area contributed by atoms with Crippen LogP contribution in [0.25, 0.3) is 0 Å². The summed E-state index contributed by atoms with van der Waals surface area (Å²) >= 11 is 0. The molecule has 0 aliphatic heterocycles. The molecule has 0 saturated heterocycles. The molecule has 18 heavy (non-hydrogen) atoms. The van der Waals surface area contributed by atoms with Crippen LogP contribution in [-0.4, -0.2) is 17.0 Å². The first kappa shape index (κ1) is 13.6. The van der Waals surface area contributed by atoms with Crippen LogP contribution in [0.3, 0.4) is 0 Å². The Morgan fingerprint density at radius 3 is 2.67 bits per heavy atom. The van der Waals surface area contributed by atoms with Crippen molar-refractivity contribution in [1.82, 2.24) is 0 Å². The molecule has 0 aliphatic rings. The molecule has 0 aromatic heterocycles. The first-order valence-electron chi connectivity index (χ1n) is 5.16. The van der Waals surface area contributed by atoms with Crippen molar-refractivity contribution in [3.63, 3.8) is 0 Å². The Balaban J connectivity index is 2.84. The van der Waals surface area contributed by atoms with Gasteiger partial charge in [0.2, 0.25) is 5.91 Å². The number of carboxylic acid groups (broad SMARTS) is 1. The number of carboxylic acids is 1. The summed E-state index contributed by atoms with van der Waals surface area (Å²) in [5.41, 5.74) is 0.478. The summed E-state index contributed by atoms with van der Waals surface area (Å²) in [5, 5.41) is 19.5. The topological polar surface area (TPSA) is 90.2 Å². The molecular formula is C12H11FN2O3. The van der Waals surface area contributed by atoms with Gasteiger partial charge in [0.1, 0.15) is 5.82 Å². The second-order valence-electron chi connectivity index (χ2n) is 3.68. The molecule has 0 spiro atoms. The Bertz CT molecular complexity index is 535. The Kier molecular flexibility index (Phi) is 4.38. The molecule has 0 radical (unpaired) electrons. The third kappa shape index (κ3) is 3.56. The lowest BCUT2D eigenvalue weighted by Crippen LogP contribution is -2.14. The maximum Gasteiger partial charge on any atom is 0.303 e. The van der Waals surface area contributed by atoms with E-state index >= 15 is 0 Å². The zero-order chi connectivity index (χ0) is 13.7. The van der Waals surface area contributed by atoms with Crippen molar-refractivity contribution in [2.24, 2.45) is 0 Å². The molecule has 0 aliphatic carbocycles. The molecule has 0 saturated carbocycles. The fourth-order valence-electron chi connectivity index (χ4n) is 1.31. The van der Waals surface area contributed by atoms with Crippen LogP contribution in [0, 0.1) is 24.1 Å². The highest BCUT2D eigenvalue weighted by Crippen LogP contribution is 2.20. The number of rotatable bonds is 4. The molecule has 1 amide bonds. The minimum atomic E-state index is -1.08. The van der Waals surface area contributed by atoms with Crippen LogP contribution in [-0.2, 0) is 9.59 Å². The fourth-order valence-corrected chi connectivity index (χ4v) is 1.31. The fraction of sp³-hybridized carbons (Fsp3) is 0.250. The van der Waals surface area contributed by atoms with Crippen LogP contribution < -0.4 is 5.32 Å². The molecule has 1 rings (SSSR count). The molecule has 0 unspecified atom stereocenters. The molecule has 6 heteroatoms. The van der Waals surface area contributed by atoms with Crippen molar-refractivity contribution >= 4 is 17.6 Å². The van der Waals surface area contributed by atoms with E-state index in [1.165, 1.54) is 13.0 Å². The van der Waals surface area contributed by atoms with E-state index < -0.39 is 17.7 Å². The summed E-state index contributed by atoms with van der Waals surface area (Å²) in [6.45, 7) is 1.46. The van der Waals surface area contributed by atoms with Crippen LogP contribution in [0.4, 0.5) is 10.1 Å². The van der Waals surface area contributed by atoms with Gasteiger partial charge in [0, 0.05) is 17.7 Å². The molecule has 0 fully saturated rings. The molecule has 0 heterocycles. The summed E-state index contributed by atoms with van der Waals surface area (Å²) in [6, 6.07) is 4.19. The van der Waals surface area contributed by atoms with Gasteiger partial charge in [0.15, 0.2) is 0 Å². The summed E-state index contributed by atoms with van der Waals surface area (Å²) in [7, 11) is 0. The second-order valence-corrected chi connectivity index (χ2v) is 3.68. The van der Waals surface area contributed by atoms with Gasteiger partial charge in [0.25, 0.3) is 0 Å². The maximum atomic E-state index is 13.4. The highest BCUT2D eigenvalue weighted by molar-refractivity contribution is 5.93. The van der Waals surface area contributed by atoms with E-state index in [1.807, 2.05) is 0 Å². The summed E-state index contributed by atoms with van der Waals surface area (Å²) in [5.74, 6) is -2.21. The number of hydrogen-bond acceptors (Lipinski definition) is 3. The Morgan fingerprint density at radius 1 is 1.44 bits per heavy atom. The third-order valence-electron chi connectivity index (χ3n) is 2.31. The highest BCUT2D eigenvalue weighted by Gasteiger charge is 2.11. The largest absolute Gasteiger partial charge is 0.481 e. The van der Waals surface area contributed by atoms with Crippen LogP contribution in [0.1, 0.15) is 24.0 Å². The molecular weight excluding hydrogens is 239 g/mol. The van der Waals surface area contributed by atoms with Crippen molar-refractivity contribution in [3.05, 3.63) is 29.1 Å². The maximum absolute atomic E-state index is 13.4. The van der Waals surface area contributed by atoms with Crippen molar-refractivity contribution in [1.29, 1.82) is 5.26 Å². The molecule has 94 valence electrons. The van der Waals surface area contributed by atoms with Crippen LogP contribution in [0.15, 0.2) is 12.1 Å². The average Bonchev–Trinajstić information content (AvgIpc) is 2.32. The van der Waals surface area contributed by atoms with Crippen molar-refractivity contribution in [2.75, 3.05) is 5.32 Å². The average molecular weight is 250 g/mol. The number of anilines is 1. The van der Waals surface area contributed by atoms with E-state index in [-0.39, 0.29) is 29.7 Å². The first-order valence-corrected chi connectivity index (χ1v) is 5.16. The van der Waals surface area contributed by atoms with Crippen LogP contribution >= 0.6 is 0 Å². The molecule has 0 atom stereocenters. The van der Waals surface area contributed by atoms with E-state index in [2.05, 4.69) is 5.32 Å². The van der Waals surface area contributed by atoms with E-state index in [4.69, 9.17) is 10.4 Å². The lowest BCUT2D eigenvalue weighted by molar-refractivity contribution is -0.138. The van der Waals surface area contributed by atoms with E-state index in [0.717, 1.165) is 6.07 Å². The van der Waals surface area contributed by atoms with Gasteiger partial charge in [-0.2, -0.15) is 5.26 Å². The first-order chi connectivity index (χ1) is 8.43. The van der Waals surface area contributed by atoms with E-state index in [9.17, 15) is 14.0 Å². The number of amides is 1. The number of aliphatic carboxylic acids is 1.